The molecule has 0 radical (unpaired) electrons. The van der Waals surface area contributed by atoms with Crippen LogP contribution in [0.2, 0.25) is 0 Å². The molecule has 120 valence electrons. The standard InChI is InChI=1S/C19H21NO3/c21-18(20-13-7-12-19(22)23)14-17(15-8-3-1-4-9-15)16-10-5-2-6-11-16/h1-6,8-11,17H,7,12-14H2,(H,20,21)(H,22,23). The number of carbonyl (C=O) groups is 2. The highest BCUT2D eigenvalue weighted by molar-refractivity contribution is 5.77. The molecule has 0 aliphatic heterocycles. The molecular weight excluding hydrogens is 290 g/mol. The van der Waals surface area contributed by atoms with Gasteiger partial charge >= 0.3 is 5.97 Å². The van der Waals surface area contributed by atoms with E-state index in [1.54, 1.807) is 0 Å². The fourth-order valence-electron chi connectivity index (χ4n) is 2.52. The van der Waals surface area contributed by atoms with E-state index >= 15 is 0 Å². The van der Waals surface area contributed by atoms with E-state index in [2.05, 4.69) is 5.32 Å². The lowest BCUT2D eigenvalue weighted by molar-refractivity contribution is -0.137. The van der Waals surface area contributed by atoms with E-state index in [0.29, 0.717) is 19.4 Å². The summed E-state index contributed by atoms with van der Waals surface area (Å²) in [5, 5.41) is 11.4. The first kappa shape index (κ1) is 16.7. The van der Waals surface area contributed by atoms with Crippen LogP contribution in [0.1, 0.15) is 36.3 Å². The summed E-state index contributed by atoms with van der Waals surface area (Å²) in [6.07, 6.45) is 0.866. The third-order valence-electron chi connectivity index (χ3n) is 3.68. The van der Waals surface area contributed by atoms with E-state index < -0.39 is 5.97 Å². The Morgan fingerprint density at radius 1 is 0.913 bits per heavy atom. The van der Waals surface area contributed by atoms with Gasteiger partial charge in [0.05, 0.1) is 0 Å². The SMILES string of the molecule is O=C(O)CCCNC(=O)CC(c1ccccc1)c1ccccc1. The van der Waals surface area contributed by atoms with Gasteiger partial charge in [-0.25, -0.2) is 0 Å². The molecule has 0 heterocycles. The van der Waals surface area contributed by atoms with Crippen molar-refractivity contribution in [3.8, 4) is 0 Å². The molecule has 1 amide bonds. The van der Waals surface area contributed by atoms with Crippen LogP contribution in [0, 0.1) is 0 Å². The molecule has 2 aromatic rings. The lowest BCUT2D eigenvalue weighted by atomic mass is 9.88. The average Bonchev–Trinajstić information content (AvgIpc) is 2.58. The molecule has 0 saturated heterocycles. The van der Waals surface area contributed by atoms with Crippen molar-refractivity contribution in [2.75, 3.05) is 6.54 Å². The predicted molar refractivity (Wildman–Crippen MR) is 89.2 cm³/mol. The first-order chi connectivity index (χ1) is 11.2. The van der Waals surface area contributed by atoms with E-state index in [1.807, 2.05) is 60.7 Å². The fraction of sp³-hybridized carbons (Fsp3) is 0.263. The Balaban J connectivity index is 2.01. The zero-order valence-electron chi connectivity index (χ0n) is 12.9. The number of hydrogen-bond donors (Lipinski definition) is 2. The molecule has 0 saturated carbocycles. The predicted octanol–water partition coefficient (Wildman–Crippen LogP) is 3.19. The Morgan fingerprint density at radius 2 is 1.43 bits per heavy atom. The maximum atomic E-state index is 12.2. The molecule has 23 heavy (non-hydrogen) atoms. The lowest BCUT2D eigenvalue weighted by Gasteiger charge is -2.17. The van der Waals surface area contributed by atoms with E-state index in [1.165, 1.54) is 0 Å². The molecule has 0 bridgehead atoms. The van der Waals surface area contributed by atoms with Crippen LogP contribution in [0.3, 0.4) is 0 Å². The molecule has 0 aromatic heterocycles. The normalized spacial score (nSPS) is 10.5. The van der Waals surface area contributed by atoms with Crippen molar-refractivity contribution >= 4 is 11.9 Å². The number of carbonyl (C=O) groups excluding carboxylic acids is 1. The van der Waals surface area contributed by atoms with Gasteiger partial charge in [0.1, 0.15) is 0 Å². The third-order valence-corrected chi connectivity index (χ3v) is 3.68. The molecular formula is C19H21NO3. The molecule has 0 spiro atoms. The number of aliphatic carboxylic acids is 1. The highest BCUT2D eigenvalue weighted by atomic mass is 16.4. The monoisotopic (exact) mass is 311 g/mol. The highest BCUT2D eigenvalue weighted by Gasteiger charge is 2.17. The first-order valence-electron chi connectivity index (χ1n) is 7.75. The van der Waals surface area contributed by atoms with Gasteiger partial charge in [-0.2, -0.15) is 0 Å². The average molecular weight is 311 g/mol. The number of benzene rings is 2. The van der Waals surface area contributed by atoms with Gasteiger partial charge < -0.3 is 10.4 Å². The Hall–Kier alpha value is -2.62. The molecule has 0 aliphatic rings. The van der Waals surface area contributed by atoms with Gasteiger partial charge in [-0.15, -0.1) is 0 Å². The third kappa shape index (κ3) is 5.58. The van der Waals surface area contributed by atoms with Gasteiger partial charge in [0.2, 0.25) is 5.91 Å². The van der Waals surface area contributed by atoms with E-state index in [-0.39, 0.29) is 18.2 Å². The van der Waals surface area contributed by atoms with Gasteiger partial charge in [0.25, 0.3) is 0 Å². The number of carboxylic acids is 1. The smallest absolute Gasteiger partial charge is 0.303 e. The topological polar surface area (TPSA) is 66.4 Å². The van der Waals surface area contributed by atoms with Gasteiger partial charge in [0.15, 0.2) is 0 Å². The molecule has 0 fully saturated rings. The van der Waals surface area contributed by atoms with Gasteiger partial charge in [0, 0.05) is 25.3 Å². The molecule has 0 aliphatic carbocycles. The van der Waals surface area contributed by atoms with Crippen LogP contribution in [0.5, 0.6) is 0 Å². The van der Waals surface area contributed by atoms with Crippen molar-refractivity contribution in [1.82, 2.24) is 5.32 Å². The van der Waals surface area contributed by atoms with Crippen LogP contribution in [0.15, 0.2) is 60.7 Å². The van der Waals surface area contributed by atoms with Crippen molar-refractivity contribution in [2.24, 2.45) is 0 Å². The molecule has 0 atom stereocenters. The fourth-order valence-corrected chi connectivity index (χ4v) is 2.52. The summed E-state index contributed by atoms with van der Waals surface area (Å²) >= 11 is 0. The summed E-state index contributed by atoms with van der Waals surface area (Å²) in [7, 11) is 0. The maximum Gasteiger partial charge on any atom is 0.303 e. The van der Waals surface area contributed by atoms with Crippen molar-refractivity contribution in [3.63, 3.8) is 0 Å². The Kier molecular flexibility index (Phi) is 6.36. The molecule has 4 heteroatoms. The van der Waals surface area contributed by atoms with Crippen LogP contribution >= 0.6 is 0 Å². The van der Waals surface area contributed by atoms with Crippen LogP contribution in [-0.4, -0.2) is 23.5 Å². The van der Waals surface area contributed by atoms with E-state index in [0.717, 1.165) is 11.1 Å². The molecule has 2 aromatic carbocycles. The van der Waals surface area contributed by atoms with Crippen LogP contribution in [0.4, 0.5) is 0 Å². The first-order valence-corrected chi connectivity index (χ1v) is 7.75. The number of amides is 1. The number of nitrogens with one attached hydrogen (secondary N) is 1. The summed E-state index contributed by atoms with van der Waals surface area (Å²) in [5.74, 6) is -0.907. The number of hydrogen-bond acceptors (Lipinski definition) is 2. The van der Waals surface area contributed by atoms with Gasteiger partial charge in [-0.1, -0.05) is 60.7 Å². The largest absolute Gasteiger partial charge is 0.481 e. The summed E-state index contributed by atoms with van der Waals surface area (Å²) in [5.41, 5.74) is 2.19. The van der Waals surface area contributed by atoms with Crippen LogP contribution < -0.4 is 5.32 Å². The molecule has 2 rings (SSSR count). The summed E-state index contributed by atoms with van der Waals surface area (Å²) in [6.45, 7) is 0.390. The van der Waals surface area contributed by atoms with Gasteiger partial charge in [-0.05, 0) is 17.5 Å². The molecule has 0 unspecified atom stereocenters. The summed E-state index contributed by atoms with van der Waals surface area (Å²) in [6, 6.07) is 19.9. The minimum Gasteiger partial charge on any atom is -0.481 e. The summed E-state index contributed by atoms with van der Waals surface area (Å²) < 4.78 is 0. The van der Waals surface area contributed by atoms with Crippen LogP contribution in [-0.2, 0) is 9.59 Å². The van der Waals surface area contributed by atoms with E-state index in [9.17, 15) is 9.59 Å². The quantitative estimate of drug-likeness (QED) is 0.736. The second kappa shape index (κ2) is 8.73. The number of carboxylic acid groups (broad SMARTS) is 1. The molecule has 4 nitrogen and oxygen atoms in total. The van der Waals surface area contributed by atoms with Crippen LogP contribution in [0.25, 0.3) is 0 Å². The van der Waals surface area contributed by atoms with Crippen molar-refractivity contribution < 1.29 is 14.7 Å². The minimum absolute atomic E-state index is 0.00289. The van der Waals surface area contributed by atoms with Crippen molar-refractivity contribution in [3.05, 3.63) is 71.8 Å². The van der Waals surface area contributed by atoms with Crippen molar-refractivity contribution in [1.29, 1.82) is 0 Å². The summed E-state index contributed by atoms with van der Waals surface area (Å²) in [4.78, 5) is 22.7. The Labute approximate surface area is 136 Å². The maximum absolute atomic E-state index is 12.2. The zero-order chi connectivity index (χ0) is 16.5. The van der Waals surface area contributed by atoms with Crippen molar-refractivity contribution in [2.45, 2.75) is 25.2 Å². The minimum atomic E-state index is -0.842. The zero-order valence-corrected chi connectivity index (χ0v) is 12.9. The second-order valence-electron chi connectivity index (χ2n) is 5.43. The van der Waals surface area contributed by atoms with Gasteiger partial charge in [-0.3, -0.25) is 9.59 Å². The molecule has 2 N–H and O–H groups in total. The number of rotatable bonds is 8. The van der Waals surface area contributed by atoms with E-state index in [4.69, 9.17) is 5.11 Å². The second-order valence-corrected chi connectivity index (χ2v) is 5.43. The highest BCUT2D eigenvalue weighted by Crippen LogP contribution is 2.27. The Morgan fingerprint density at radius 3 is 1.91 bits per heavy atom. The lowest BCUT2D eigenvalue weighted by Crippen LogP contribution is -2.26. The Bertz CT molecular complexity index is 586.